The van der Waals surface area contributed by atoms with Crippen molar-refractivity contribution in [3.05, 3.63) is 107 Å². The van der Waals surface area contributed by atoms with Crippen LogP contribution in [0.15, 0.2) is 73.1 Å². The molecule has 46 heavy (non-hydrogen) atoms. The van der Waals surface area contributed by atoms with Crippen molar-refractivity contribution in [3.8, 4) is 5.69 Å². The second-order valence-corrected chi connectivity index (χ2v) is 14.3. The van der Waals surface area contributed by atoms with Crippen LogP contribution in [0.3, 0.4) is 0 Å². The lowest BCUT2D eigenvalue weighted by atomic mass is 9.80. The van der Waals surface area contributed by atoms with Crippen LogP contribution in [-0.2, 0) is 23.1 Å². The third kappa shape index (κ3) is 7.32. The van der Waals surface area contributed by atoms with Gasteiger partial charge in [-0.1, -0.05) is 37.1 Å². The summed E-state index contributed by atoms with van der Waals surface area (Å²) < 4.78 is 73.7. The van der Waals surface area contributed by atoms with Gasteiger partial charge in [0.2, 0.25) is 0 Å². The SMILES string of the molecule is CC(C)(C)[S+]([O-])NC(CCC1CC1)(c1cccnc1)c1ccc(F)c(NC(=O)c2cc(C(F)(F)F)nn2-c2cccc(C=N)c2)c1. The molecule has 0 bridgehead atoms. The van der Waals surface area contributed by atoms with E-state index in [0.29, 0.717) is 35.1 Å². The molecule has 3 N–H and O–H groups in total. The molecule has 1 amide bonds. The van der Waals surface area contributed by atoms with Gasteiger partial charge >= 0.3 is 6.18 Å². The van der Waals surface area contributed by atoms with Crippen molar-refractivity contribution in [2.24, 2.45) is 5.92 Å². The molecule has 2 aromatic carbocycles. The second-order valence-electron chi connectivity index (χ2n) is 12.3. The van der Waals surface area contributed by atoms with Crippen LogP contribution in [0.25, 0.3) is 5.69 Å². The molecule has 2 atom stereocenters. The Bertz CT molecular complexity index is 1720. The molecule has 2 heterocycles. The normalized spacial score (nSPS) is 15.7. The number of carbonyl (C=O) groups excluding carboxylic acids is 1. The summed E-state index contributed by atoms with van der Waals surface area (Å²) in [6, 6.07) is 14.3. The number of benzene rings is 2. The summed E-state index contributed by atoms with van der Waals surface area (Å²) in [5, 5.41) is 13.6. The fourth-order valence-corrected chi connectivity index (χ4v) is 6.04. The molecule has 4 aromatic rings. The molecule has 242 valence electrons. The molecule has 0 radical (unpaired) electrons. The summed E-state index contributed by atoms with van der Waals surface area (Å²) in [6.07, 6.45) is 2.86. The van der Waals surface area contributed by atoms with Gasteiger partial charge in [0.1, 0.15) is 21.8 Å². The van der Waals surface area contributed by atoms with E-state index in [9.17, 15) is 22.5 Å². The van der Waals surface area contributed by atoms with Crippen molar-refractivity contribution in [2.75, 3.05) is 5.32 Å². The Balaban J connectivity index is 1.58. The number of nitrogens with one attached hydrogen (secondary N) is 3. The van der Waals surface area contributed by atoms with E-state index in [1.165, 1.54) is 30.3 Å². The van der Waals surface area contributed by atoms with Gasteiger partial charge in [0, 0.05) is 36.0 Å². The van der Waals surface area contributed by atoms with Gasteiger partial charge in [0.25, 0.3) is 5.91 Å². The molecule has 5 rings (SSSR count). The number of anilines is 1. The topological polar surface area (TPSA) is 119 Å². The van der Waals surface area contributed by atoms with E-state index < -0.39 is 50.9 Å². The highest BCUT2D eigenvalue weighted by atomic mass is 32.2. The highest BCUT2D eigenvalue weighted by Gasteiger charge is 2.44. The molecule has 1 aliphatic carbocycles. The monoisotopic (exact) mass is 654 g/mol. The predicted molar refractivity (Wildman–Crippen MR) is 169 cm³/mol. The summed E-state index contributed by atoms with van der Waals surface area (Å²) in [5.74, 6) is -1.35. The first-order valence-electron chi connectivity index (χ1n) is 14.7. The molecule has 1 saturated carbocycles. The lowest BCUT2D eigenvalue weighted by molar-refractivity contribution is -0.141. The van der Waals surface area contributed by atoms with Crippen molar-refractivity contribution in [2.45, 2.75) is 62.9 Å². The highest BCUT2D eigenvalue weighted by Crippen LogP contribution is 2.43. The lowest BCUT2D eigenvalue weighted by Crippen LogP contribution is -2.52. The minimum absolute atomic E-state index is 0.111. The number of alkyl halides is 3. The number of halogens is 4. The van der Waals surface area contributed by atoms with Crippen molar-refractivity contribution >= 4 is 29.2 Å². The van der Waals surface area contributed by atoms with Gasteiger partial charge in [-0.05, 0) is 86.6 Å². The summed E-state index contributed by atoms with van der Waals surface area (Å²) in [5.41, 5.74) is -1.49. The van der Waals surface area contributed by atoms with Gasteiger partial charge in [-0.3, -0.25) is 9.78 Å². The van der Waals surface area contributed by atoms with Gasteiger partial charge in [0.15, 0.2) is 5.69 Å². The van der Waals surface area contributed by atoms with Crippen LogP contribution in [-0.4, -0.2) is 36.2 Å². The summed E-state index contributed by atoms with van der Waals surface area (Å²) in [7, 11) is 0. The fourth-order valence-electron chi connectivity index (χ4n) is 5.08. The molecule has 2 aromatic heterocycles. The Morgan fingerprint density at radius 3 is 2.48 bits per heavy atom. The Morgan fingerprint density at radius 2 is 1.85 bits per heavy atom. The maximum atomic E-state index is 15.4. The van der Waals surface area contributed by atoms with Crippen LogP contribution >= 0.6 is 0 Å². The predicted octanol–water partition coefficient (Wildman–Crippen LogP) is 7.16. The van der Waals surface area contributed by atoms with E-state index in [-0.39, 0.29) is 11.4 Å². The molecular weight excluding hydrogens is 620 g/mol. The van der Waals surface area contributed by atoms with E-state index in [4.69, 9.17) is 5.41 Å². The molecule has 1 aliphatic rings. The third-order valence-corrected chi connectivity index (χ3v) is 9.47. The molecule has 8 nitrogen and oxygen atoms in total. The van der Waals surface area contributed by atoms with Gasteiger partial charge in [-0.25, -0.2) is 9.07 Å². The maximum Gasteiger partial charge on any atom is 0.435 e. The smallest absolute Gasteiger partial charge is 0.435 e. The van der Waals surface area contributed by atoms with Crippen molar-refractivity contribution in [1.82, 2.24) is 19.5 Å². The Labute approximate surface area is 267 Å². The fraction of sp³-hybridized carbons (Fsp3) is 0.333. The highest BCUT2D eigenvalue weighted by molar-refractivity contribution is 7.90. The zero-order valence-electron chi connectivity index (χ0n) is 25.5. The zero-order valence-corrected chi connectivity index (χ0v) is 26.3. The molecule has 13 heteroatoms. The number of aromatic nitrogens is 3. The number of nitrogens with zero attached hydrogens (tertiary/aromatic N) is 3. The van der Waals surface area contributed by atoms with Crippen LogP contribution in [0.2, 0.25) is 0 Å². The average molecular weight is 655 g/mol. The molecule has 0 saturated heterocycles. The summed E-state index contributed by atoms with van der Waals surface area (Å²) in [4.78, 5) is 17.9. The Hall–Kier alpha value is -4.07. The maximum absolute atomic E-state index is 15.4. The van der Waals surface area contributed by atoms with E-state index >= 15 is 4.39 Å². The molecule has 1 fully saturated rings. The van der Waals surface area contributed by atoms with Gasteiger partial charge in [0.05, 0.1) is 11.4 Å². The Morgan fingerprint density at radius 1 is 1.09 bits per heavy atom. The minimum atomic E-state index is -4.86. The summed E-state index contributed by atoms with van der Waals surface area (Å²) in [6.45, 7) is 5.49. The zero-order chi connectivity index (χ0) is 33.3. The van der Waals surface area contributed by atoms with E-state index in [1.807, 2.05) is 26.8 Å². The largest absolute Gasteiger partial charge is 0.598 e. The van der Waals surface area contributed by atoms with E-state index in [0.717, 1.165) is 30.2 Å². The van der Waals surface area contributed by atoms with E-state index in [1.54, 1.807) is 30.6 Å². The first-order chi connectivity index (χ1) is 21.7. The Kier molecular flexibility index (Phi) is 9.39. The number of hydrogen-bond donors (Lipinski definition) is 3. The molecule has 0 aliphatic heterocycles. The minimum Gasteiger partial charge on any atom is -0.598 e. The van der Waals surface area contributed by atoms with Crippen molar-refractivity contribution < 1.29 is 26.9 Å². The van der Waals surface area contributed by atoms with Crippen LogP contribution in [0.4, 0.5) is 23.2 Å². The lowest BCUT2D eigenvalue weighted by Gasteiger charge is -2.38. The van der Waals surface area contributed by atoms with E-state index in [2.05, 4.69) is 20.1 Å². The number of carbonyl (C=O) groups is 1. The quantitative estimate of drug-likeness (QED) is 0.0901. The molecule has 2 unspecified atom stereocenters. The first-order valence-corrected chi connectivity index (χ1v) is 15.9. The van der Waals surface area contributed by atoms with Crippen LogP contribution in [0, 0.1) is 17.1 Å². The van der Waals surface area contributed by atoms with Gasteiger partial charge in [-0.15, -0.1) is 4.72 Å². The van der Waals surface area contributed by atoms with Crippen LogP contribution in [0.5, 0.6) is 0 Å². The van der Waals surface area contributed by atoms with Gasteiger partial charge < -0.3 is 15.3 Å². The molecule has 0 spiro atoms. The van der Waals surface area contributed by atoms with Crippen LogP contribution < -0.4 is 10.0 Å². The summed E-state index contributed by atoms with van der Waals surface area (Å²) >= 11 is -1.58. The first kappa shape index (κ1) is 33.3. The number of rotatable bonds is 11. The third-order valence-electron chi connectivity index (χ3n) is 7.82. The molecular formula is C33H34F4N6O2S. The van der Waals surface area contributed by atoms with Crippen molar-refractivity contribution in [3.63, 3.8) is 0 Å². The average Bonchev–Trinajstić information content (AvgIpc) is 3.73. The number of pyridine rings is 1. The van der Waals surface area contributed by atoms with Crippen LogP contribution in [0.1, 0.15) is 79.3 Å². The second kappa shape index (κ2) is 13.0. The van der Waals surface area contributed by atoms with Crippen molar-refractivity contribution in [1.29, 1.82) is 5.41 Å². The standard InChI is InChI=1S/C33H34F4N6O2S/c1-31(2,3)46(45)42-32(14-13-21-9-10-21,24-7-5-15-39-20-24)23-11-12-26(34)27(17-23)40-30(44)28-18-29(33(35,36)37)41-43(28)25-8-4-6-22(16-25)19-38/h4-8,11-12,15-21,38,42H,9-10,13-14H2,1-3H3,(H,40,44). The number of hydrogen-bond acceptors (Lipinski definition) is 6. The van der Waals surface area contributed by atoms with Gasteiger partial charge in [-0.2, -0.15) is 18.3 Å². The number of amides is 1.